The van der Waals surface area contributed by atoms with E-state index < -0.39 is 27.4 Å². The minimum absolute atomic E-state index is 0.183. The summed E-state index contributed by atoms with van der Waals surface area (Å²) in [6.45, 7) is 1.89. The predicted molar refractivity (Wildman–Crippen MR) is 106 cm³/mol. The summed E-state index contributed by atoms with van der Waals surface area (Å²) < 4.78 is 36.4. The van der Waals surface area contributed by atoms with E-state index in [4.69, 9.17) is 9.47 Å². The highest BCUT2D eigenvalue weighted by Gasteiger charge is 2.24. The number of carbonyl (C=O) groups is 1. The van der Waals surface area contributed by atoms with Gasteiger partial charge >= 0.3 is 0 Å². The van der Waals surface area contributed by atoms with Crippen LogP contribution in [0.1, 0.15) is 5.56 Å². The van der Waals surface area contributed by atoms with Crippen LogP contribution in [0.4, 0.5) is 17.1 Å². The highest BCUT2D eigenvalue weighted by Crippen LogP contribution is 2.34. The van der Waals surface area contributed by atoms with E-state index in [1.807, 2.05) is 0 Å². The minimum Gasteiger partial charge on any atom is -0.486 e. The number of amides is 1. The number of anilines is 2. The fourth-order valence-electron chi connectivity index (χ4n) is 2.77. The van der Waals surface area contributed by atoms with Crippen molar-refractivity contribution in [2.45, 2.75) is 6.92 Å². The lowest BCUT2D eigenvalue weighted by Gasteiger charge is -2.24. The van der Waals surface area contributed by atoms with Gasteiger partial charge in [-0.05, 0) is 24.6 Å². The zero-order valence-electron chi connectivity index (χ0n) is 15.7. The van der Waals surface area contributed by atoms with Crippen molar-refractivity contribution in [1.82, 2.24) is 0 Å². The van der Waals surface area contributed by atoms with Gasteiger partial charge in [-0.3, -0.25) is 19.2 Å². The molecule has 0 radical (unpaired) electrons. The molecule has 1 N–H and O–H groups in total. The van der Waals surface area contributed by atoms with Crippen LogP contribution >= 0.6 is 0 Å². The Bertz CT molecular complexity index is 1070. The number of benzene rings is 2. The Morgan fingerprint density at radius 1 is 1.17 bits per heavy atom. The maximum atomic E-state index is 12.5. The second-order valence-corrected chi connectivity index (χ2v) is 8.31. The average molecular weight is 421 g/mol. The number of nitro benzene ring substituents is 1. The summed E-state index contributed by atoms with van der Waals surface area (Å²) in [5.41, 5.74) is 0.898. The average Bonchev–Trinajstić information content (AvgIpc) is 2.66. The molecule has 0 spiro atoms. The van der Waals surface area contributed by atoms with Crippen LogP contribution in [0.5, 0.6) is 11.5 Å². The Balaban J connectivity index is 1.84. The Hall–Kier alpha value is -3.34. The van der Waals surface area contributed by atoms with Crippen molar-refractivity contribution in [3.8, 4) is 11.5 Å². The van der Waals surface area contributed by atoms with E-state index in [9.17, 15) is 23.3 Å². The molecule has 0 saturated carbocycles. The lowest BCUT2D eigenvalue weighted by atomic mass is 10.2. The number of nitrogens with one attached hydrogen (secondary N) is 1. The highest BCUT2D eigenvalue weighted by molar-refractivity contribution is 7.92. The Labute approximate surface area is 167 Å². The van der Waals surface area contributed by atoms with E-state index in [1.165, 1.54) is 30.3 Å². The smallest absolute Gasteiger partial charge is 0.271 e. The molecule has 11 heteroatoms. The first kappa shape index (κ1) is 20.4. The number of hydrogen-bond acceptors (Lipinski definition) is 7. The van der Waals surface area contributed by atoms with E-state index in [2.05, 4.69) is 5.32 Å². The molecule has 2 aromatic rings. The number of aryl methyl sites for hydroxylation is 1. The number of nitrogens with zero attached hydrogens (tertiary/aromatic N) is 2. The molecule has 29 heavy (non-hydrogen) atoms. The lowest BCUT2D eigenvalue weighted by Crippen LogP contribution is -2.37. The third kappa shape index (κ3) is 4.74. The van der Waals surface area contributed by atoms with Gasteiger partial charge < -0.3 is 14.8 Å². The van der Waals surface area contributed by atoms with Crippen LogP contribution in [0.2, 0.25) is 0 Å². The summed E-state index contributed by atoms with van der Waals surface area (Å²) >= 11 is 0. The Morgan fingerprint density at radius 3 is 2.52 bits per heavy atom. The van der Waals surface area contributed by atoms with Crippen LogP contribution in [0.3, 0.4) is 0 Å². The van der Waals surface area contributed by atoms with Crippen LogP contribution in [0.15, 0.2) is 36.4 Å². The molecule has 1 amide bonds. The second kappa shape index (κ2) is 7.95. The molecular formula is C18H19N3O7S. The van der Waals surface area contributed by atoms with Gasteiger partial charge in [-0.25, -0.2) is 8.42 Å². The van der Waals surface area contributed by atoms with Crippen molar-refractivity contribution in [3.63, 3.8) is 0 Å². The number of non-ortho nitro benzene ring substituents is 1. The first-order valence-corrected chi connectivity index (χ1v) is 10.4. The lowest BCUT2D eigenvalue weighted by molar-refractivity contribution is -0.384. The van der Waals surface area contributed by atoms with Gasteiger partial charge in [-0.1, -0.05) is 6.07 Å². The highest BCUT2D eigenvalue weighted by atomic mass is 32.2. The van der Waals surface area contributed by atoms with Crippen molar-refractivity contribution in [2.24, 2.45) is 0 Å². The molecule has 10 nitrogen and oxygen atoms in total. The van der Waals surface area contributed by atoms with Crippen LogP contribution in [-0.4, -0.2) is 45.3 Å². The second-order valence-electron chi connectivity index (χ2n) is 6.40. The molecule has 0 aliphatic carbocycles. The summed E-state index contributed by atoms with van der Waals surface area (Å²) in [5, 5.41) is 13.5. The number of rotatable bonds is 6. The fraction of sp³-hybridized carbons (Fsp3) is 0.278. The molecule has 154 valence electrons. The van der Waals surface area contributed by atoms with Crippen molar-refractivity contribution < 1.29 is 27.6 Å². The third-order valence-corrected chi connectivity index (χ3v) is 5.35. The van der Waals surface area contributed by atoms with Crippen LogP contribution in [0.25, 0.3) is 0 Å². The molecule has 0 bridgehead atoms. The van der Waals surface area contributed by atoms with E-state index in [1.54, 1.807) is 13.0 Å². The SMILES string of the molecule is Cc1ccc([N+](=O)[O-])cc1NC(=O)CN(c1ccc2c(c1)OCCO2)S(C)(=O)=O. The number of sulfonamides is 1. The summed E-state index contributed by atoms with van der Waals surface area (Å²) in [4.78, 5) is 22.9. The number of nitro groups is 1. The van der Waals surface area contributed by atoms with Gasteiger partial charge in [0.2, 0.25) is 15.9 Å². The zero-order valence-corrected chi connectivity index (χ0v) is 16.6. The normalized spacial score (nSPS) is 12.9. The molecule has 0 atom stereocenters. The van der Waals surface area contributed by atoms with E-state index in [0.717, 1.165) is 10.6 Å². The molecule has 2 aromatic carbocycles. The molecule has 0 unspecified atom stereocenters. The van der Waals surface area contributed by atoms with Gasteiger partial charge in [0.1, 0.15) is 19.8 Å². The maximum Gasteiger partial charge on any atom is 0.271 e. The molecule has 1 aliphatic rings. The maximum absolute atomic E-state index is 12.5. The van der Waals surface area contributed by atoms with Gasteiger partial charge in [-0.15, -0.1) is 0 Å². The molecule has 0 aromatic heterocycles. The molecule has 1 heterocycles. The zero-order chi connectivity index (χ0) is 21.2. The number of hydrogen-bond donors (Lipinski definition) is 1. The van der Waals surface area contributed by atoms with Crippen LogP contribution in [-0.2, 0) is 14.8 Å². The minimum atomic E-state index is -3.80. The molecule has 3 rings (SSSR count). The molecule has 1 aliphatic heterocycles. The monoisotopic (exact) mass is 421 g/mol. The van der Waals surface area contributed by atoms with E-state index in [-0.39, 0.29) is 17.1 Å². The fourth-order valence-corrected chi connectivity index (χ4v) is 3.61. The first-order chi connectivity index (χ1) is 13.6. The third-order valence-electron chi connectivity index (χ3n) is 4.21. The quantitative estimate of drug-likeness (QED) is 0.558. The first-order valence-electron chi connectivity index (χ1n) is 8.57. The summed E-state index contributed by atoms with van der Waals surface area (Å²) in [7, 11) is -3.80. The van der Waals surface area contributed by atoms with Crippen molar-refractivity contribution >= 4 is 33.0 Å². The van der Waals surface area contributed by atoms with Crippen molar-refractivity contribution in [2.75, 3.05) is 35.6 Å². The Kier molecular flexibility index (Phi) is 5.59. The van der Waals surface area contributed by atoms with Gasteiger partial charge in [0, 0.05) is 18.2 Å². The number of carbonyl (C=O) groups excluding carboxylic acids is 1. The molecule has 0 saturated heterocycles. The topological polar surface area (TPSA) is 128 Å². The van der Waals surface area contributed by atoms with Crippen LogP contribution in [0, 0.1) is 17.0 Å². The molecule has 0 fully saturated rings. The Morgan fingerprint density at radius 2 is 1.86 bits per heavy atom. The largest absolute Gasteiger partial charge is 0.486 e. The van der Waals surface area contributed by atoms with Crippen molar-refractivity contribution in [1.29, 1.82) is 0 Å². The summed E-state index contributed by atoms with van der Waals surface area (Å²) in [6.07, 6.45) is 0.982. The summed E-state index contributed by atoms with van der Waals surface area (Å²) in [6, 6.07) is 8.63. The molecular weight excluding hydrogens is 402 g/mol. The van der Waals surface area contributed by atoms with E-state index in [0.29, 0.717) is 30.3 Å². The number of fused-ring (bicyclic) bond motifs is 1. The predicted octanol–water partition coefficient (Wildman–Crippen LogP) is 2.08. The van der Waals surface area contributed by atoms with Gasteiger partial charge in [0.15, 0.2) is 11.5 Å². The number of ether oxygens (including phenoxy) is 2. The van der Waals surface area contributed by atoms with Gasteiger partial charge in [0.25, 0.3) is 5.69 Å². The summed E-state index contributed by atoms with van der Waals surface area (Å²) in [5.74, 6) is 0.233. The van der Waals surface area contributed by atoms with Gasteiger partial charge in [0.05, 0.1) is 22.6 Å². The van der Waals surface area contributed by atoms with Gasteiger partial charge in [-0.2, -0.15) is 0 Å². The van der Waals surface area contributed by atoms with Crippen molar-refractivity contribution in [3.05, 3.63) is 52.1 Å². The van der Waals surface area contributed by atoms with E-state index >= 15 is 0 Å². The van der Waals surface area contributed by atoms with Crippen LogP contribution < -0.4 is 19.1 Å². The standard InChI is InChI=1S/C18H19N3O7S/c1-12-3-4-14(21(23)24)9-15(12)19-18(22)11-20(29(2,25)26)13-5-6-16-17(10-13)28-8-7-27-16/h3-6,9-10H,7-8,11H2,1-2H3,(H,19,22).